The maximum absolute atomic E-state index is 10.5. The number of nitrogens with zero attached hydrogens (tertiary/aromatic N) is 2. The Balaban J connectivity index is 2.19. The molecule has 1 heterocycles. The van der Waals surface area contributed by atoms with Gasteiger partial charge in [0.25, 0.3) is 0 Å². The van der Waals surface area contributed by atoms with Gasteiger partial charge in [-0.25, -0.2) is 0 Å². The molecular weight excluding hydrogens is 242 g/mol. The zero-order valence-corrected chi connectivity index (χ0v) is 12.1. The van der Waals surface area contributed by atoms with Crippen LogP contribution in [0.1, 0.15) is 44.5 Å². The summed E-state index contributed by atoms with van der Waals surface area (Å²) in [6.07, 6.45) is 2.98. The van der Waals surface area contributed by atoms with Crippen molar-refractivity contribution in [1.82, 2.24) is 15.1 Å². The van der Waals surface area contributed by atoms with E-state index in [0.29, 0.717) is 5.92 Å². The molecule has 2 N–H and O–H groups in total. The lowest BCUT2D eigenvalue weighted by atomic mass is 10.0. The summed E-state index contributed by atoms with van der Waals surface area (Å²) in [6.45, 7) is 5.93. The first kappa shape index (κ1) is 15.7. The fourth-order valence-corrected chi connectivity index (χ4v) is 1.99. The molecular formula is C14H25N3O2. The van der Waals surface area contributed by atoms with Crippen molar-refractivity contribution in [3.05, 3.63) is 17.5 Å². The molecule has 1 aromatic rings. The lowest BCUT2D eigenvalue weighted by molar-refractivity contribution is -0.137. The fourth-order valence-electron chi connectivity index (χ4n) is 1.99. The summed E-state index contributed by atoms with van der Waals surface area (Å²) in [7, 11) is 1.96. The summed E-state index contributed by atoms with van der Waals surface area (Å²) >= 11 is 0. The number of carbonyl (C=O) groups is 1. The molecule has 0 aliphatic heterocycles. The van der Waals surface area contributed by atoms with Crippen molar-refractivity contribution in [2.45, 2.75) is 46.1 Å². The molecule has 0 radical (unpaired) electrons. The molecule has 0 aliphatic carbocycles. The van der Waals surface area contributed by atoms with Gasteiger partial charge in [-0.3, -0.25) is 9.48 Å². The highest BCUT2D eigenvalue weighted by molar-refractivity contribution is 5.66. The minimum Gasteiger partial charge on any atom is -0.481 e. The zero-order valence-electron chi connectivity index (χ0n) is 12.1. The molecule has 1 atom stereocenters. The second-order valence-electron chi connectivity index (χ2n) is 5.11. The number of aromatic nitrogens is 2. The molecule has 0 aromatic carbocycles. The number of carboxylic acids is 1. The molecule has 0 saturated carbocycles. The monoisotopic (exact) mass is 267 g/mol. The topological polar surface area (TPSA) is 67.2 Å². The van der Waals surface area contributed by atoms with E-state index in [2.05, 4.69) is 30.3 Å². The molecule has 5 nitrogen and oxygen atoms in total. The van der Waals surface area contributed by atoms with E-state index in [1.807, 2.05) is 11.7 Å². The lowest BCUT2D eigenvalue weighted by Gasteiger charge is -2.10. The van der Waals surface area contributed by atoms with E-state index < -0.39 is 5.97 Å². The summed E-state index contributed by atoms with van der Waals surface area (Å²) in [4.78, 5) is 10.5. The Morgan fingerprint density at radius 3 is 2.84 bits per heavy atom. The van der Waals surface area contributed by atoms with Gasteiger partial charge in [-0.15, -0.1) is 0 Å². The Labute approximate surface area is 115 Å². The smallest absolute Gasteiger partial charge is 0.303 e. The minimum absolute atomic E-state index is 0.267. The highest BCUT2D eigenvalue weighted by Gasteiger charge is 2.06. The van der Waals surface area contributed by atoms with Crippen LogP contribution in [-0.2, 0) is 24.8 Å². The normalized spacial score (nSPS) is 12.6. The van der Waals surface area contributed by atoms with Gasteiger partial charge in [0.2, 0.25) is 0 Å². The van der Waals surface area contributed by atoms with Crippen LogP contribution in [0.3, 0.4) is 0 Å². The van der Waals surface area contributed by atoms with E-state index >= 15 is 0 Å². The van der Waals surface area contributed by atoms with Gasteiger partial charge in [0, 0.05) is 20.0 Å². The highest BCUT2D eigenvalue weighted by atomic mass is 16.4. The summed E-state index contributed by atoms with van der Waals surface area (Å²) in [5.74, 6) is -0.261. The second-order valence-corrected chi connectivity index (χ2v) is 5.11. The Bertz CT molecular complexity index is 401. The zero-order chi connectivity index (χ0) is 14.3. The number of rotatable bonds is 9. The van der Waals surface area contributed by atoms with Crippen molar-refractivity contribution in [3.8, 4) is 0 Å². The van der Waals surface area contributed by atoms with Gasteiger partial charge in [-0.05, 0) is 37.8 Å². The largest absolute Gasteiger partial charge is 0.481 e. The van der Waals surface area contributed by atoms with E-state index in [1.165, 1.54) is 5.69 Å². The van der Waals surface area contributed by atoms with Crippen molar-refractivity contribution < 1.29 is 9.90 Å². The molecule has 19 heavy (non-hydrogen) atoms. The Hall–Kier alpha value is -1.36. The van der Waals surface area contributed by atoms with E-state index in [9.17, 15) is 4.79 Å². The van der Waals surface area contributed by atoms with Crippen LogP contribution >= 0.6 is 0 Å². The Morgan fingerprint density at radius 2 is 2.26 bits per heavy atom. The van der Waals surface area contributed by atoms with Crippen LogP contribution in [0.25, 0.3) is 0 Å². The van der Waals surface area contributed by atoms with E-state index in [4.69, 9.17) is 5.11 Å². The van der Waals surface area contributed by atoms with Crippen LogP contribution in [-0.4, -0.2) is 27.4 Å². The van der Waals surface area contributed by atoms with E-state index in [-0.39, 0.29) is 6.42 Å². The quantitative estimate of drug-likeness (QED) is 0.671. The van der Waals surface area contributed by atoms with E-state index in [1.54, 1.807) is 0 Å². The van der Waals surface area contributed by atoms with Crippen LogP contribution in [0.15, 0.2) is 6.07 Å². The minimum atomic E-state index is -0.707. The average Bonchev–Trinajstić information content (AvgIpc) is 2.73. The average molecular weight is 267 g/mol. The number of hydrogen-bond donors (Lipinski definition) is 2. The third-order valence-corrected chi connectivity index (χ3v) is 3.36. The molecule has 1 aromatic heterocycles. The van der Waals surface area contributed by atoms with E-state index in [0.717, 1.165) is 38.0 Å². The molecule has 0 aliphatic rings. The first-order valence-electron chi connectivity index (χ1n) is 6.97. The van der Waals surface area contributed by atoms with Crippen LogP contribution < -0.4 is 5.32 Å². The number of carboxylic acid groups (broad SMARTS) is 1. The van der Waals surface area contributed by atoms with Crippen molar-refractivity contribution in [2.24, 2.45) is 13.0 Å². The van der Waals surface area contributed by atoms with Crippen LogP contribution in [0, 0.1) is 5.92 Å². The van der Waals surface area contributed by atoms with Gasteiger partial charge < -0.3 is 10.4 Å². The molecule has 5 heteroatoms. The number of aryl methyl sites for hydroxylation is 2. The Morgan fingerprint density at radius 1 is 1.53 bits per heavy atom. The molecule has 0 amide bonds. The SMILES string of the molecule is CCc1cc(CNCCC(C)CCC(=O)O)n(C)n1. The van der Waals surface area contributed by atoms with Gasteiger partial charge in [0.05, 0.1) is 11.4 Å². The predicted molar refractivity (Wildman–Crippen MR) is 74.9 cm³/mol. The first-order valence-corrected chi connectivity index (χ1v) is 6.97. The van der Waals surface area contributed by atoms with Crippen LogP contribution in [0.4, 0.5) is 0 Å². The van der Waals surface area contributed by atoms with Crippen LogP contribution in [0.5, 0.6) is 0 Å². The predicted octanol–water partition coefficient (Wildman–Crippen LogP) is 1.96. The van der Waals surface area contributed by atoms with Gasteiger partial charge >= 0.3 is 5.97 Å². The number of nitrogens with one attached hydrogen (secondary N) is 1. The molecule has 108 valence electrons. The molecule has 1 unspecified atom stereocenters. The van der Waals surface area contributed by atoms with Crippen molar-refractivity contribution >= 4 is 5.97 Å². The van der Waals surface area contributed by atoms with Gasteiger partial charge in [0.15, 0.2) is 0 Å². The first-order chi connectivity index (χ1) is 9.02. The molecule has 0 saturated heterocycles. The summed E-state index contributed by atoms with van der Waals surface area (Å²) in [5.41, 5.74) is 2.31. The summed E-state index contributed by atoms with van der Waals surface area (Å²) in [5, 5.41) is 16.4. The Kier molecular flexibility index (Phi) is 6.56. The molecule has 0 fully saturated rings. The summed E-state index contributed by atoms with van der Waals surface area (Å²) < 4.78 is 1.92. The third kappa shape index (κ3) is 5.87. The van der Waals surface area contributed by atoms with Gasteiger partial charge in [0.1, 0.15) is 0 Å². The fraction of sp³-hybridized carbons (Fsp3) is 0.714. The van der Waals surface area contributed by atoms with Gasteiger partial charge in [-0.2, -0.15) is 5.10 Å². The summed E-state index contributed by atoms with van der Waals surface area (Å²) in [6, 6.07) is 2.13. The van der Waals surface area contributed by atoms with Crippen molar-refractivity contribution in [2.75, 3.05) is 6.54 Å². The molecule has 0 bridgehead atoms. The molecule has 1 rings (SSSR count). The van der Waals surface area contributed by atoms with Crippen molar-refractivity contribution in [1.29, 1.82) is 0 Å². The maximum atomic E-state index is 10.5. The number of hydrogen-bond acceptors (Lipinski definition) is 3. The standard InChI is InChI=1S/C14H25N3O2/c1-4-12-9-13(17(3)16-12)10-15-8-7-11(2)5-6-14(18)19/h9,11,15H,4-8,10H2,1-3H3,(H,18,19). The second kappa shape index (κ2) is 7.94. The highest BCUT2D eigenvalue weighted by Crippen LogP contribution is 2.09. The lowest BCUT2D eigenvalue weighted by Crippen LogP contribution is -2.19. The van der Waals surface area contributed by atoms with Crippen molar-refractivity contribution in [3.63, 3.8) is 0 Å². The third-order valence-electron chi connectivity index (χ3n) is 3.36. The molecule has 0 spiro atoms. The van der Waals surface area contributed by atoms with Gasteiger partial charge in [-0.1, -0.05) is 13.8 Å². The van der Waals surface area contributed by atoms with Crippen LogP contribution in [0.2, 0.25) is 0 Å². The number of aliphatic carboxylic acids is 1. The maximum Gasteiger partial charge on any atom is 0.303 e.